The molecule has 1 unspecified atom stereocenters. The van der Waals surface area contributed by atoms with Gasteiger partial charge in [-0.3, -0.25) is 4.79 Å². The highest BCUT2D eigenvalue weighted by atomic mass is 16.3. The molecule has 1 atom stereocenters. The Kier molecular flexibility index (Phi) is 11.2. The summed E-state index contributed by atoms with van der Waals surface area (Å²) in [6.45, 7) is 6.45. The van der Waals surface area contributed by atoms with Crippen LogP contribution in [-0.2, 0) is 4.79 Å². The number of hydrogen-bond donors (Lipinski definition) is 2. The van der Waals surface area contributed by atoms with Crippen LogP contribution >= 0.6 is 0 Å². The van der Waals surface area contributed by atoms with Gasteiger partial charge < -0.3 is 10.4 Å². The minimum Gasteiger partial charge on any atom is -0.394 e. The van der Waals surface area contributed by atoms with Gasteiger partial charge >= 0.3 is 0 Å². The first-order chi connectivity index (χ1) is 8.60. The van der Waals surface area contributed by atoms with Gasteiger partial charge in [-0.2, -0.15) is 0 Å². The Morgan fingerprint density at radius 2 is 1.72 bits per heavy atom. The van der Waals surface area contributed by atoms with Gasteiger partial charge in [0, 0.05) is 6.42 Å². The van der Waals surface area contributed by atoms with E-state index in [0.717, 1.165) is 19.3 Å². The second-order valence-corrected chi connectivity index (χ2v) is 5.59. The first-order valence-corrected chi connectivity index (χ1v) is 7.50. The van der Waals surface area contributed by atoms with E-state index in [-0.39, 0.29) is 18.6 Å². The summed E-state index contributed by atoms with van der Waals surface area (Å²) in [6.07, 6.45) is 8.62. The van der Waals surface area contributed by atoms with Crippen LogP contribution in [0.3, 0.4) is 0 Å². The van der Waals surface area contributed by atoms with Crippen molar-refractivity contribution in [3.8, 4) is 0 Å². The highest BCUT2D eigenvalue weighted by Crippen LogP contribution is 2.08. The van der Waals surface area contributed by atoms with E-state index in [4.69, 9.17) is 0 Å². The summed E-state index contributed by atoms with van der Waals surface area (Å²) in [5, 5.41) is 12.1. The molecular weight excluding hydrogens is 226 g/mol. The van der Waals surface area contributed by atoms with Crippen LogP contribution in [0.5, 0.6) is 0 Å². The smallest absolute Gasteiger partial charge is 0.220 e. The fraction of sp³-hybridized carbons (Fsp3) is 0.933. The minimum atomic E-state index is -0.0717. The first kappa shape index (κ1) is 17.4. The van der Waals surface area contributed by atoms with Gasteiger partial charge in [-0.25, -0.2) is 0 Å². The summed E-state index contributed by atoms with van der Waals surface area (Å²) in [6, 6.07) is -0.0717. The molecule has 0 fully saturated rings. The van der Waals surface area contributed by atoms with E-state index in [1.54, 1.807) is 0 Å². The third-order valence-corrected chi connectivity index (χ3v) is 3.10. The molecule has 18 heavy (non-hydrogen) atoms. The predicted molar refractivity (Wildman–Crippen MR) is 76.5 cm³/mol. The number of nitrogens with one attached hydrogen (secondary N) is 1. The third kappa shape index (κ3) is 10.6. The van der Waals surface area contributed by atoms with Crippen LogP contribution < -0.4 is 5.32 Å². The number of aliphatic hydroxyl groups excluding tert-OH is 1. The van der Waals surface area contributed by atoms with Crippen molar-refractivity contribution in [1.29, 1.82) is 0 Å². The summed E-state index contributed by atoms with van der Waals surface area (Å²) in [5.74, 6) is 0.585. The summed E-state index contributed by atoms with van der Waals surface area (Å²) in [5.41, 5.74) is 0. The van der Waals surface area contributed by atoms with Crippen molar-refractivity contribution in [2.24, 2.45) is 5.92 Å². The normalized spacial score (nSPS) is 12.7. The molecule has 0 saturated heterocycles. The Morgan fingerprint density at radius 3 is 2.28 bits per heavy atom. The molecule has 3 nitrogen and oxygen atoms in total. The van der Waals surface area contributed by atoms with Crippen molar-refractivity contribution in [2.75, 3.05) is 6.61 Å². The second-order valence-electron chi connectivity index (χ2n) is 5.59. The fourth-order valence-corrected chi connectivity index (χ4v) is 2.11. The fourth-order valence-electron chi connectivity index (χ4n) is 2.11. The van der Waals surface area contributed by atoms with Gasteiger partial charge in [0.25, 0.3) is 0 Å². The Hall–Kier alpha value is -0.570. The van der Waals surface area contributed by atoms with Gasteiger partial charge in [-0.05, 0) is 18.8 Å². The van der Waals surface area contributed by atoms with E-state index in [1.807, 2.05) is 0 Å². The summed E-state index contributed by atoms with van der Waals surface area (Å²) in [4.78, 5) is 11.7. The van der Waals surface area contributed by atoms with Gasteiger partial charge in [0.15, 0.2) is 0 Å². The Labute approximate surface area is 112 Å². The predicted octanol–water partition coefficient (Wildman–Crippen LogP) is 3.26. The molecule has 0 rings (SSSR count). The molecule has 2 N–H and O–H groups in total. The molecule has 0 aromatic heterocycles. The summed E-state index contributed by atoms with van der Waals surface area (Å²) < 4.78 is 0. The molecule has 0 aromatic carbocycles. The van der Waals surface area contributed by atoms with Crippen LogP contribution in [0, 0.1) is 5.92 Å². The van der Waals surface area contributed by atoms with Crippen LogP contribution in [0.25, 0.3) is 0 Å². The van der Waals surface area contributed by atoms with Gasteiger partial charge in [0.2, 0.25) is 5.91 Å². The van der Waals surface area contributed by atoms with Gasteiger partial charge in [-0.15, -0.1) is 0 Å². The van der Waals surface area contributed by atoms with Crippen molar-refractivity contribution in [2.45, 2.75) is 78.2 Å². The largest absolute Gasteiger partial charge is 0.394 e. The molecule has 108 valence electrons. The Bertz CT molecular complexity index is 205. The van der Waals surface area contributed by atoms with Crippen molar-refractivity contribution in [3.05, 3.63) is 0 Å². The Morgan fingerprint density at radius 1 is 1.11 bits per heavy atom. The van der Waals surface area contributed by atoms with Crippen molar-refractivity contribution in [1.82, 2.24) is 5.32 Å². The number of aliphatic hydroxyl groups is 1. The molecule has 0 aliphatic rings. The van der Waals surface area contributed by atoms with Crippen LogP contribution in [0.2, 0.25) is 0 Å². The molecule has 0 heterocycles. The highest BCUT2D eigenvalue weighted by molar-refractivity contribution is 5.76. The van der Waals surface area contributed by atoms with E-state index < -0.39 is 0 Å². The molecule has 0 radical (unpaired) electrons. The van der Waals surface area contributed by atoms with Crippen molar-refractivity contribution < 1.29 is 9.90 Å². The zero-order chi connectivity index (χ0) is 13.8. The average molecular weight is 257 g/mol. The minimum absolute atomic E-state index is 0.0421. The molecule has 0 aliphatic heterocycles. The lowest BCUT2D eigenvalue weighted by molar-refractivity contribution is -0.122. The van der Waals surface area contributed by atoms with E-state index in [1.165, 1.54) is 25.7 Å². The molecule has 0 aromatic rings. The van der Waals surface area contributed by atoms with Gasteiger partial charge in [-0.1, -0.05) is 52.9 Å². The van der Waals surface area contributed by atoms with Gasteiger partial charge in [0.05, 0.1) is 12.6 Å². The summed E-state index contributed by atoms with van der Waals surface area (Å²) >= 11 is 0. The SMILES string of the molecule is CCCCCCCCC(=O)NC(CO)CC(C)C. The standard InChI is InChI=1S/C15H31NO2/c1-4-5-6-7-8-9-10-15(18)16-14(12-17)11-13(2)3/h13-14,17H,4-12H2,1-3H3,(H,16,18). The second kappa shape index (κ2) is 11.5. The Balaban J connectivity index is 3.56. The molecule has 0 aliphatic carbocycles. The zero-order valence-electron chi connectivity index (χ0n) is 12.4. The number of amides is 1. The van der Waals surface area contributed by atoms with Crippen molar-refractivity contribution in [3.63, 3.8) is 0 Å². The van der Waals surface area contributed by atoms with Crippen LogP contribution in [-0.4, -0.2) is 23.7 Å². The number of rotatable bonds is 11. The third-order valence-electron chi connectivity index (χ3n) is 3.10. The van der Waals surface area contributed by atoms with Crippen LogP contribution in [0.15, 0.2) is 0 Å². The van der Waals surface area contributed by atoms with Crippen LogP contribution in [0.4, 0.5) is 0 Å². The van der Waals surface area contributed by atoms with Gasteiger partial charge in [0.1, 0.15) is 0 Å². The lowest BCUT2D eigenvalue weighted by atomic mass is 10.0. The topological polar surface area (TPSA) is 49.3 Å². The first-order valence-electron chi connectivity index (χ1n) is 7.50. The quantitative estimate of drug-likeness (QED) is 0.558. The maximum absolute atomic E-state index is 11.7. The highest BCUT2D eigenvalue weighted by Gasteiger charge is 2.12. The number of carbonyl (C=O) groups is 1. The molecule has 3 heteroatoms. The monoisotopic (exact) mass is 257 g/mol. The van der Waals surface area contributed by atoms with E-state index in [9.17, 15) is 9.90 Å². The van der Waals surface area contributed by atoms with E-state index >= 15 is 0 Å². The maximum atomic E-state index is 11.7. The van der Waals surface area contributed by atoms with Crippen LogP contribution in [0.1, 0.15) is 72.1 Å². The van der Waals surface area contributed by atoms with E-state index in [0.29, 0.717) is 12.3 Å². The lowest BCUT2D eigenvalue weighted by Gasteiger charge is -2.18. The van der Waals surface area contributed by atoms with Crippen molar-refractivity contribution >= 4 is 5.91 Å². The molecule has 0 bridgehead atoms. The molecule has 0 spiro atoms. The zero-order valence-corrected chi connectivity index (χ0v) is 12.4. The molecule has 1 amide bonds. The number of carbonyl (C=O) groups excluding carboxylic acids is 1. The maximum Gasteiger partial charge on any atom is 0.220 e. The average Bonchev–Trinajstić information content (AvgIpc) is 2.32. The lowest BCUT2D eigenvalue weighted by Crippen LogP contribution is -2.38. The molecular formula is C15H31NO2. The van der Waals surface area contributed by atoms with E-state index in [2.05, 4.69) is 26.1 Å². The number of hydrogen-bond acceptors (Lipinski definition) is 2. The summed E-state index contributed by atoms with van der Waals surface area (Å²) in [7, 11) is 0. The molecule has 0 saturated carbocycles. The number of unbranched alkanes of at least 4 members (excludes halogenated alkanes) is 5.